The maximum atomic E-state index is 14.0. The number of nitrogens with zero attached hydrogens (tertiary/aromatic N) is 2. The molecule has 6 heteroatoms. The molecule has 0 aliphatic heterocycles. The summed E-state index contributed by atoms with van der Waals surface area (Å²) in [6.07, 6.45) is 7.04. The van der Waals surface area contributed by atoms with Crippen LogP contribution in [0.1, 0.15) is 63.6 Å². The highest BCUT2D eigenvalue weighted by molar-refractivity contribution is 8.00. The van der Waals surface area contributed by atoms with Crippen LogP contribution in [-0.2, 0) is 6.54 Å². The minimum atomic E-state index is -0.00776. The number of hydrogen-bond donors (Lipinski definition) is 1. The number of hydrogen-bond acceptors (Lipinski definition) is 4. The van der Waals surface area contributed by atoms with Crippen molar-refractivity contribution in [3.05, 3.63) is 59.8 Å². The molecule has 2 aromatic carbocycles. The Labute approximate surface area is 218 Å². The molecular formula is C29H37N3OS2. The summed E-state index contributed by atoms with van der Waals surface area (Å²) in [7, 11) is 0. The van der Waals surface area contributed by atoms with Gasteiger partial charge in [0.05, 0.1) is 5.69 Å². The lowest BCUT2D eigenvalue weighted by Gasteiger charge is -2.32. The minimum Gasteiger partial charge on any atom is -0.317 e. The second-order valence-electron chi connectivity index (χ2n) is 9.19. The molecule has 4 rings (SSSR count). The van der Waals surface area contributed by atoms with E-state index >= 15 is 0 Å². The zero-order chi connectivity index (χ0) is 24.6. The van der Waals surface area contributed by atoms with Gasteiger partial charge >= 0.3 is 6.03 Å². The van der Waals surface area contributed by atoms with E-state index in [0.29, 0.717) is 6.54 Å². The summed E-state index contributed by atoms with van der Waals surface area (Å²) in [6.45, 7) is 6.93. The minimum absolute atomic E-state index is 0.00776. The molecule has 3 aromatic rings. The smallest absolute Gasteiger partial charge is 0.317 e. The zero-order valence-electron chi connectivity index (χ0n) is 21.2. The molecule has 0 radical (unpaired) electrons. The van der Waals surface area contributed by atoms with Crippen molar-refractivity contribution in [1.29, 1.82) is 0 Å². The lowest BCUT2D eigenvalue weighted by molar-refractivity contribution is 0.175. The van der Waals surface area contributed by atoms with E-state index in [1.165, 1.54) is 42.0 Å². The van der Waals surface area contributed by atoms with E-state index in [1.54, 1.807) is 23.5 Å². The van der Waals surface area contributed by atoms with Gasteiger partial charge in [0, 0.05) is 23.2 Å². The third kappa shape index (κ3) is 6.73. The van der Waals surface area contributed by atoms with E-state index in [1.807, 2.05) is 6.92 Å². The number of urea groups is 1. The van der Waals surface area contributed by atoms with E-state index in [-0.39, 0.29) is 12.1 Å². The number of pyridine rings is 1. The van der Waals surface area contributed by atoms with E-state index in [0.717, 1.165) is 45.7 Å². The molecular weight excluding hydrogens is 470 g/mol. The molecule has 1 heterocycles. The second-order valence-corrected chi connectivity index (χ2v) is 11.8. The van der Waals surface area contributed by atoms with E-state index in [4.69, 9.17) is 4.98 Å². The molecule has 186 valence electrons. The van der Waals surface area contributed by atoms with Crippen LogP contribution in [0.15, 0.2) is 58.5 Å². The highest BCUT2D eigenvalue weighted by atomic mass is 32.2. The Morgan fingerprint density at radius 1 is 0.971 bits per heavy atom. The van der Waals surface area contributed by atoms with Crippen molar-refractivity contribution in [3.8, 4) is 0 Å². The Morgan fingerprint density at radius 3 is 2.40 bits per heavy atom. The molecule has 0 saturated heterocycles. The monoisotopic (exact) mass is 507 g/mol. The summed E-state index contributed by atoms with van der Waals surface area (Å²) < 4.78 is 0. The molecule has 4 nitrogen and oxygen atoms in total. The van der Waals surface area contributed by atoms with Crippen LogP contribution in [-0.4, -0.2) is 33.5 Å². The molecule has 1 aromatic heterocycles. The van der Waals surface area contributed by atoms with Crippen LogP contribution in [0, 0.1) is 6.92 Å². The van der Waals surface area contributed by atoms with Crippen molar-refractivity contribution in [2.24, 2.45) is 0 Å². The highest BCUT2D eigenvalue weighted by Crippen LogP contribution is 2.36. The first-order valence-corrected chi connectivity index (χ1v) is 14.9. The Bertz CT molecular complexity index is 1110. The van der Waals surface area contributed by atoms with Crippen molar-refractivity contribution in [2.45, 2.75) is 81.8 Å². The topological polar surface area (TPSA) is 45.2 Å². The van der Waals surface area contributed by atoms with Gasteiger partial charge in [-0.1, -0.05) is 75.9 Å². The average Bonchev–Trinajstić information content (AvgIpc) is 3.14. The first-order valence-electron chi connectivity index (χ1n) is 12.9. The number of amides is 2. The molecule has 0 spiro atoms. The molecule has 35 heavy (non-hydrogen) atoms. The number of fused-ring (bicyclic) bond motifs is 1. The van der Waals surface area contributed by atoms with Crippen LogP contribution in [0.5, 0.6) is 0 Å². The van der Waals surface area contributed by atoms with E-state index in [9.17, 15) is 4.79 Å². The number of aryl methyl sites for hydroxylation is 1. The van der Waals surface area contributed by atoms with Crippen LogP contribution in [0.3, 0.4) is 0 Å². The van der Waals surface area contributed by atoms with Crippen LogP contribution in [0.2, 0.25) is 0 Å². The number of carbonyl (C=O) groups excluding carboxylic acids is 1. The van der Waals surface area contributed by atoms with E-state index < -0.39 is 0 Å². The van der Waals surface area contributed by atoms with Crippen molar-refractivity contribution in [1.82, 2.24) is 9.88 Å². The quantitative estimate of drug-likeness (QED) is 0.245. The molecule has 1 saturated carbocycles. The van der Waals surface area contributed by atoms with Gasteiger partial charge < -0.3 is 10.2 Å². The summed E-state index contributed by atoms with van der Waals surface area (Å²) in [5.41, 5.74) is 3.04. The first kappa shape index (κ1) is 25.9. The third-order valence-corrected chi connectivity index (χ3v) is 8.36. The summed E-state index contributed by atoms with van der Waals surface area (Å²) in [6, 6.07) is 17.4. The van der Waals surface area contributed by atoms with Crippen molar-refractivity contribution < 1.29 is 4.79 Å². The van der Waals surface area contributed by atoms with E-state index in [2.05, 4.69) is 72.6 Å². The van der Waals surface area contributed by atoms with Gasteiger partial charge in [0.1, 0.15) is 5.03 Å². The van der Waals surface area contributed by atoms with Gasteiger partial charge in [-0.25, -0.2) is 9.78 Å². The maximum Gasteiger partial charge on any atom is 0.322 e. The Hall–Kier alpha value is -2.18. The summed E-state index contributed by atoms with van der Waals surface area (Å²) in [5.74, 6) is 1.87. The van der Waals surface area contributed by atoms with Gasteiger partial charge in [-0.2, -0.15) is 0 Å². The lowest BCUT2D eigenvalue weighted by Crippen LogP contribution is -2.42. The molecule has 1 aliphatic carbocycles. The van der Waals surface area contributed by atoms with Crippen LogP contribution in [0.25, 0.3) is 10.8 Å². The third-order valence-electron chi connectivity index (χ3n) is 6.58. The van der Waals surface area contributed by atoms with Crippen LogP contribution >= 0.6 is 23.5 Å². The fourth-order valence-corrected chi connectivity index (χ4v) is 6.60. The standard InChI is InChI=1S/C29H37N3OS2/c1-4-34-26-18-21(3)30-28(35-5-2)27(26)31-29(33)32(25-14-8-6-7-9-15-25)20-22-16-17-23-12-10-11-13-24(23)19-22/h10-13,16-19,25H,4-9,14-15,20H2,1-3H3,(H,31,33). The molecule has 0 atom stereocenters. The summed E-state index contributed by atoms with van der Waals surface area (Å²) >= 11 is 3.46. The van der Waals surface area contributed by atoms with Gasteiger partial charge in [0.15, 0.2) is 0 Å². The van der Waals surface area contributed by atoms with Crippen molar-refractivity contribution in [3.63, 3.8) is 0 Å². The Morgan fingerprint density at radius 2 is 1.69 bits per heavy atom. The SMILES string of the molecule is CCSc1cc(C)nc(SCC)c1NC(=O)N(Cc1ccc2ccccc2c1)C1CCCCCC1. The average molecular weight is 508 g/mol. The predicted octanol–water partition coefficient (Wildman–Crippen LogP) is 8.52. The number of nitrogens with one attached hydrogen (secondary N) is 1. The Kier molecular flexibility index (Phi) is 9.38. The Balaban J connectivity index is 1.66. The van der Waals surface area contributed by atoms with Crippen LogP contribution < -0.4 is 5.32 Å². The van der Waals surface area contributed by atoms with Gasteiger partial charge in [0.25, 0.3) is 0 Å². The number of rotatable bonds is 8. The summed E-state index contributed by atoms with van der Waals surface area (Å²) in [5, 5.41) is 6.70. The molecule has 0 unspecified atom stereocenters. The summed E-state index contributed by atoms with van der Waals surface area (Å²) in [4.78, 5) is 21.9. The molecule has 0 bridgehead atoms. The van der Waals surface area contributed by atoms with Gasteiger partial charge in [-0.15, -0.1) is 23.5 Å². The molecule has 1 N–H and O–H groups in total. The predicted molar refractivity (Wildman–Crippen MR) is 152 cm³/mol. The largest absolute Gasteiger partial charge is 0.322 e. The number of anilines is 1. The molecule has 1 fully saturated rings. The van der Waals surface area contributed by atoms with Crippen molar-refractivity contribution in [2.75, 3.05) is 16.8 Å². The molecule has 1 aliphatic rings. The second kappa shape index (κ2) is 12.7. The van der Waals surface area contributed by atoms with Gasteiger partial charge in [-0.05, 0) is 59.7 Å². The van der Waals surface area contributed by atoms with Crippen molar-refractivity contribution >= 4 is 46.0 Å². The lowest BCUT2D eigenvalue weighted by atomic mass is 10.0. The fourth-order valence-electron chi connectivity index (χ4n) is 4.89. The number of benzene rings is 2. The zero-order valence-corrected chi connectivity index (χ0v) is 22.8. The van der Waals surface area contributed by atoms with Gasteiger partial charge in [-0.3, -0.25) is 0 Å². The highest BCUT2D eigenvalue weighted by Gasteiger charge is 2.27. The first-order chi connectivity index (χ1) is 17.1. The number of carbonyl (C=O) groups is 1. The van der Waals surface area contributed by atoms with Gasteiger partial charge in [0.2, 0.25) is 0 Å². The van der Waals surface area contributed by atoms with Crippen LogP contribution in [0.4, 0.5) is 10.5 Å². The maximum absolute atomic E-state index is 14.0. The fraction of sp³-hybridized carbons (Fsp3) is 0.448. The number of thioether (sulfide) groups is 2. The molecule has 2 amide bonds. The number of aromatic nitrogens is 1. The normalized spacial score (nSPS) is 14.6.